The monoisotopic (exact) mass is 448 g/mol. The maximum atomic E-state index is 13.3. The first kappa shape index (κ1) is 22.0. The average Bonchev–Trinajstić information content (AvgIpc) is 3.49. The van der Waals surface area contributed by atoms with Crippen molar-refractivity contribution in [2.75, 3.05) is 25.0 Å². The van der Waals surface area contributed by atoms with Crippen molar-refractivity contribution in [2.45, 2.75) is 31.8 Å². The topological polar surface area (TPSA) is 67.9 Å². The second-order valence-corrected chi connectivity index (χ2v) is 8.07. The van der Waals surface area contributed by atoms with Gasteiger partial charge in [0.15, 0.2) is 11.5 Å². The minimum Gasteiger partial charge on any atom is -0.489 e. The van der Waals surface area contributed by atoms with Gasteiger partial charge in [-0.25, -0.2) is 4.39 Å². The number of benzene rings is 2. The summed E-state index contributed by atoms with van der Waals surface area (Å²) in [5.41, 5.74) is 1.06. The first-order chi connectivity index (χ1) is 15.4. The molecule has 1 saturated heterocycles. The van der Waals surface area contributed by atoms with Gasteiger partial charge in [-0.05, 0) is 54.7 Å². The Hall–Kier alpha value is -3.23. The molecule has 2 aliphatic rings. The first-order valence-corrected chi connectivity index (χ1v) is 10.4. The number of nitrogens with one attached hydrogen (secondary N) is 1. The van der Waals surface area contributed by atoms with Crippen LogP contribution in [-0.4, -0.2) is 43.0 Å². The molecule has 2 amide bonds. The lowest BCUT2D eigenvalue weighted by Gasteiger charge is -2.18. The van der Waals surface area contributed by atoms with E-state index >= 15 is 0 Å². The summed E-state index contributed by atoms with van der Waals surface area (Å²) in [4.78, 5) is 26.2. The molecular weight excluding hydrogens is 425 g/mol. The van der Waals surface area contributed by atoms with Crippen LogP contribution in [0.25, 0.3) is 0 Å². The molecule has 6 nitrogen and oxygen atoms in total. The fraction of sp³-hybridized carbons (Fsp3) is 0.391. The lowest BCUT2D eigenvalue weighted by Crippen LogP contribution is -2.34. The molecule has 1 saturated carbocycles. The van der Waals surface area contributed by atoms with Crippen molar-refractivity contribution in [3.05, 3.63) is 53.8 Å². The molecule has 32 heavy (non-hydrogen) atoms. The Labute approximate surface area is 183 Å². The molecule has 2 aromatic carbocycles. The standard InChI is InChI=1S/C23H23F3N2O4/c24-17-2-1-3-18(10-17)27-21(29)12-28-11-16(9-22(28)30)15-6-7-19(32-23(25)26)20(8-15)31-13-14-4-5-14/h1-3,6-8,10,14,16,23H,4-5,9,11-13H2,(H,27,29). The molecule has 170 valence electrons. The van der Waals surface area contributed by atoms with Gasteiger partial charge >= 0.3 is 6.61 Å². The fourth-order valence-corrected chi connectivity index (χ4v) is 3.67. The Balaban J connectivity index is 1.40. The molecule has 2 fully saturated rings. The molecule has 9 heteroatoms. The number of carbonyl (C=O) groups is 2. The summed E-state index contributed by atoms with van der Waals surface area (Å²) < 4.78 is 49.0. The number of rotatable bonds is 9. The SMILES string of the molecule is O=C(CN1CC(c2ccc(OC(F)F)c(OCC3CC3)c2)CC1=O)Nc1cccc(F)c1. The maximum absolute atomic E-state index is 13.3. The second kappa shape index (κ2) is 9.50. The van der Waals surface area contributed by atoms with Crippen LogP contribution in [0.4, 0.5) is 18.9 Å². The summed E-state index contributed by atoms with van der Waals surface area (Å²) in [7, 11) is 0. The van der Waals surface area contributed by atoms with Crippen molar-refractivity contribution in [3.63, 3.8) is 0 Å². The number of carbonyl (C=O) groups excluding carboxylic acids is 2. The second-order valence-electron chi connectivity index (χ2n) is 8.07. The molecule has 0 radical (unpaired) electrons. The van der Waals surface area contributed by atoms with Gasteiger partial charge in [-0.3, -0.25) is 9.59 Å². The van der Waals surface area contributed by atoms with E-state index in [1.807, 2.05) is 0 Å². The lowest BCUT2D eigenvalue weighted by atomic mass is 9.98. The van der Waals surface area contributed by atoms with E-state index in [0.717, 1.165) is 18.4 Å². The highest BCUT2D eigenvalue weighted by Gasteiger charge is 2.32. The third-order valence-corrected chi connectivity index (χ3v) is 5.48. The summed E-state index contributed by atoms with van der Waals surface area (Å²) in [5, 5.41) is 2.57. The van der Waals surface area contributed by atoms with Crippen LogP contribution in [0.1, 0.15) is 30.7 Å². The Morgan fingerprint density at radius 2 is 1.97 bits per heavy atom. The fourth-order valence-electron chi connectivity index (χ4n) is 3.67. The molecule has 4 rings (SSSR count). The van der Waals surface area contributed by atoms with E-state index in [-0.39, 0.29) is 36.3 Å². The molecule has 1 aliphatic heterocycles. The van der Waals surface area contributed by atoms with Gasteiger partial charge in [0.05, 0.1) is 13.2 Å². The lowest BCUT2D eigenvalue weighted by molar-refractivity contribution is -0.131. The number of hydrogen-bond acceptors (Lipinski definition) is 4. The largest absolute Gasteiger partial charge is 0.489 e. The number of ether oxygens (including phenoxy) is 2. The number of nitrogens with zero attached hydrogens (tertiary/aromatic N) is 1. The van der Waals surface area contributed by atoms with E-state index in [9.17, 15) is 22.8 Å². The maximum Gasteiger partial charge on any atom is 0.387 e. The van der Waals surface area contributed by atoms with Crippen molar-refractivity contribution in [3.8, 4) is 11.5 Å². The van der Waals surface area contributed by atoms with Crippen LogP contribution in [0.2, 0.25) is 0 Å². The summed E-state index contributed by atoms with van der Waals surface area (Å²) in [5.74, 6) is -0.702. The van der Waals surface area contributed by atoms with E-state index in [2.05, 4.69) is 10.1 Å². The van der Waals surface area contributed by atoms with Crippen molar-refractivity contribution in [2.24, 2.45) is 5.92 Å². The van der Waals surface area contributed by atoms with Crippen LogP contribution in [0.15, 0.2) is 42.5 Å². The van der Waals surface area contributed by atoms with Crippen molar-refractivity contribution in [1.82, 2.24) is 4.90 Å². The van der Waals surface area contributed by atoms with Gasteiger partial charge in [0.25, 0.3) is 0 Å². The number of hydrogen-bond donors (Lipinski definition) is 1. The first-order valence-electron chi connectivity index (χ1n) is 10.4. The summed E-state index contributed by atoms with van der Waals surface area (Å²) in [6.07, 6.45) is 2.29. The van der Waals surface area contributed by atoms with Crippen LogP contribution in [0.3, 0.4) is 0 Å². The van der Waals surface area contributed by atoms with E-state index in [0.29, 0.717) is 24.8 Å². The number of halogens is 3. The minimum atomic E-state index is -2.97. The third kappa shape index (κ3) is 5.72. The van der Waals surface area contributed by atoms with Gasteiger partial charge < -0.3 is 19.7 Å². The predicted octanol–water partition coefficient (Wildman–Crippen LogP) is 4.17. The van der Waals surface area contributed by atoms with Crippen molar-refractivity contribution >= 4 is 17.5 Å². The van der Waals surface area contributed by atoms with Gasteiger partial charge in [-0.15, -0.1) is 0 Å². The molecule has 0 aromatic heterocycles. The molecule has 0 bridgehead atoms. The van der Waals surface area contributed by atoms with E-state index in [1.54, 1.807) is 18.2 Å². The van der Waals surface area contributed by atoms with Crippen molar-refractivity contribution < 1.29 is 32.2 Å². The summed E-state index contributed by atoms with van der Waals surface area (Å²) in [6, 6.07) is 10.2. The Bertz CT molecular complexity index is 997. The summed E-state index contributed by atoms with van der Waals surface area (Å²) >= 11 is 0. The minimum absolute atomic E-state index is 0.0416. The molecule has 1 aliphatic carbocycles. The van der Waals surface area contributed by atoms with Crippen LogP contribution < -0.4 is 14.8 Å². The highest BCUT2D eigenvalue weighted by atomic mass is 19.3. The smallest absolute Gasteiger partial charge is 0.387 e. The van der Waals surface area contributed by atoms with Crippen molar-refractivity contribution in [1.29, 1.82) is 0 Å². The number of anilines is 1. The van der Waals surface area contributed by atoms with Gasteiger partial charge in [0.1, 0.15) is 5.82 Å². The number of likely N-dealkylation sites (tertiary alicyclic amines) is 1. The van der Waals surface area contributed by atoms with Gasteiger partial charge in [-0.2, -0.15) is 8.78 Å². The van der Waals surface area contributed by atoms with E-state index in [1.165, 1.54) is 29.2 Å². The quantitative estimate of drug-likeness (QED) is 0.625. The molecule has 1 unspecified atom stereocenters. The molecule has 1 N–H and O–H groups in total. The van der Waals surface area contributed by atoms with Gasteiger partial charge in [-0.1, -0.05) is 12.1 Å². The van der Waals surface area contributed by atoms with Crippen LogP contribution in [0, 0.1) is 11.7 Å². The molecular formula is C23H23F3N2O4. The zero-order chi connectivity index (χ0) is 22.7. The van der Waals surface area contributed by atoms with Crippen LogP contribution in [-0.2, 0) is 9.59 Å². The number of amides is 2. The van der Waals surface area contributed by atoms with Gasteiger partial charge in [0.2, 0.25) is 11.8 Å². The van der Waals surface area contributed by atoms with Crippen LogP contribution in [0.5, 0.6) is 11.5 Å². The third-order valence-electron chi connectivity index (χ3n) is 5.48. The molecule has 1 heterocycles. The van der Waals surface area contributed by atoms with E-state index in [4.69, 9.17) is 4.74 Å². The Morgan fingerprint density at radius 1 is 1.16 bits per heavy atom. The van der Waals surface area contributed by atoms with E-state index < -0.39 is 18.3 Å². The molecule has 1 atom stereocenters. The number of alkyl halides is 2. The highest BCUT2D eigenvalue weighted by molar-refractivity contribution is 5.95. The highest BCUT2D eigenvalue weighted by Crippen LogP contribution is 2.37. The van der Waals surface area contributed by atoms with Gasteiger partial charge in [0, 0.05) is 24.6 Å². The Morgan fingerprint density at radius 3 is 2.69 bits per heavy atom. The van der Waals surface area contributed by atoms with Crippen LogP contribution >= 0.6 is 0 Å². The molecule has 0 spiro atoms. The molecule has 2 aromatic rings. The Kier molecular flexibility index (Phi) is 6.53. The zero-order valence-electron chi connectivity index (χ0n) is 17.2. The normalized spacial score (nSPS) is 18.2. The summed E-state index contributed by atoms with van der Waals surface area (Å²) in [6.45, 7) is -2.40. The average molecular weight is 448 g/mol. The predicted molar refractivity (Wildman–Crippen MR) is 110 cm³/mol. The zero-order valence-corrected chi connectivity index (χ0v) is 17.2.